The summed E-state index contributed by atoms with van der Waals surface area (Å²) in [5.74, 6) is 0. The van der Waals surface area contributed by atoms with Gasteiger partial charge in [-0.2, -0.15) is 4.20 Å². The van der Waals surface area contributed by atoms with E-state index in [-0.39, 0.29) is 27.2 Å². The minimum atomic E-state index is -3.72. The minimum Gasteiger partial charge on any atom is -0.303 e. The van der Waals surface area contributed by atoms with Gasteiger partial charge >= 0.3 is 7.68 Å². The summed E-state index contributed by atoms with van der Waals surface area (Å²) in [4.78, 5) is 0. The van der Waals surface area contributed by atoms with Crippen LogP contribution in [0.25, 0.3) is 0 Å². The second-order valence-electron chi connectivity index (χ2n) is 1.90. The molecule has 0 amide bonds. The molecule has 0 radical (unpaired) electrons. The molecule has 60 valence electrons. The average molecular weight is 335 g/mol. The molecular formula is C4H10FO2PPt. The Kier molecular flexibility index (Phi) is 6.38. The predicted molar refractivity (Wildman–Crippen MR) is 30.9 cm³/mol. The van der Waals surface area contributed by atoms with Crippen LogP contribution in [0, 0.1) is 0 Å². The first-order chi connectivity index (χ1) is 3.42. The first kappa shape index (κ1) is 12.5. The van der Waals surface area contributed by atoms with Gasteiger partial charge in [-0.05, 0) is 13.8 Å². The number of halogens is 1. The van der Waals surface area contributed by atoms with Gasteiger partial charge in [-0.15, -0.1) is 0 Å². The zero-order chi connectivity index (χ0) is 6.78. The van der Waals surface area contributed by atoms with E-state index in [0.717, 1.165) is 6.66 Å². The van der Waals surface area contributed by atoms with Crippen LogP contribution in [0.1, 0.15) is 13.8 Å². The van der Waals surface area contributed by atoms with E-state index in [9.17, 15) is 8.76 Å². The van der Waals surface area contributed by atoms with Crippen molar-refractivity contribution in [2.45, 2.75) is 20.0 Å². The van der Waals surface area contributed by atoms with Crippen molar-refractivity contribution >= 4 is 7.68 Å². The van der Waals surface area contributed by atoms with Gasteiger partial charge in [-0.3, -0.25) is 4.57 Å². The maximum absolute atomic E-state index is 12.0. The van der Waals surface area contributed by atoms with Crippen molar-refractivity contribution in [1.82, 2.24) is 0 Å². The minimum absolute atomic E-state index is 0. The summed E-state index contributed by atoms with van der Waals surface area (Å²) in [5, 5.41) is 0. The molecule has 0 heterocycles. The van der Waals surface area contributed by atoms with E-state index >= 15 is 0 Å². The van der Waals surface area contributed by atoms with E-state index in [0.29, 0.717) is 0 Å². The van der Waals surface area contributed by atoms with Crippen LogP contribution < -0.4 is 0 Å². The monoisotopic (exact) mass is 335 g/mol. The molecule has 0 saturated heterocycles. The zero-order valence-electron chi connectivity index (χ0n) is 5.54. The number of hydrogen-bond acceptors (Lipinski definition) is 2. The van der Waals surface area contributed by atoms with Crippen LogP contribution in [0.4, 0.5) is 4.20 Å². The van der Waals surface area contributed by atoms with Gasteiger partial charge < -0.3 is 4.52 Å². The summed E-state index contributed by atoms with van der Waals surface area (Å²) in [6.45, 7) is 4.22. The van der Waals surface area contributed by atoms with E-state index in [1.807, 2.05) is 0 Å². The van der Waals surface area contributed by atoms with Crippen LogP contribution in [0.5, 0.6) is 0 Å². The molecule has 1 atom stereocenters. The molecule has 0 bridgehead atoms. The molecule has 5 heteroatoms. The van der Waals surface area contributed by atoms with E-state index in [1.54, 1.807) is 13.8 Å². The molecule has 2 nitrogen and oxygen atoms in total. The smallest absolute Gasteiger partial charge is 0.303 e. The van der Waals surface area contributed by atoms with Gasteiger partial charge in [0.25, 0.3) is 0 Å². The third kappa shape index (κ3) is 12.1. The van der Waals surface area contributed by atoms with Crippen molar-refractivity contribution in [3.63, 3.8) is 0 Å². The summed E-state index contributed by atoms with van der Waals surface area (Å²) in [6, 6.07) is 0. The SMILES string of the molecule is CC(C)OP(C)(=O)F.[Pt]. The molecule has 0 aromatic rings. The maximum atomic E-state index is 12.0. The van der Waals surface area contributed by atoms with E-state index in [1.165, 1.54) is 0 Å². The summed E-state index contributed by atoms with van der Waals surface area (Å²) in [7, 11) is -3.72. The molecule has 0 aliphatic rings. The largest absolute Gasteiger partial charge is 0.364 e. The van der Waals surface area contributed by atoms with Crippen molar-refractivity contribution in [1.29, 1.82) is 0 Å². The Bertz CT molecular complexity index is 111. The third-order valence-electron chi connectivity index (χ3n) is 0.399. The van der Waals surface area contributed by atoms with Gasteiger partial charge in [0.2, 0.25) is 0 Å². The normalized spacial score (nSPS) is 16.6. The second kappa shape index (κ2) is 4.60. The van der Waals surface area contributed by atoms with Gasteiger partial charge in [-0.1, -0.05) is 0 Å². The first-order valence-electron chi connectivity index (χ1n) is 2.37. The Morgan fingerprint density at radius 1 is 1.56 bits per heavy atom. The fraction of sp³-hybridized carbons (Fsp3) is 1.00. The number of rotatable bonds is 2. The topological polar surface area (TPSA) is 26.3 Å². The Morgan fingerprint density at radius 3 is 1.89 bits per heavy atom. The average Bonchev–Trinajstić information content (AvgIpc) is 1.21. The Hall–Kier alpha value is 0.808. The number of hydrogen-bond donors (Lipinski definition) is 0. The Morgan fingerprint density at radius 2 is 1.89 bits per heavy atom. The molecule has 0 saturated carbocycles. The summed E-state index contributed by atoms with van der Waals surface area (Å²) < 4.78 is 26.4. The van der Waals surface area contributed by atoms with Gasteiger partial charge in [-0.25, -0.2) is 0 Å². The molecule has 0 fully saturated rings. The fourth-order valence-corrected chi connectivity index (χ4v) is 1.13. The van der Waals surface area contributed by atoms with Gasteiger partial charge in [0, 0.05) is 27.7 Å². The molecular weight excluding hydrogens is 325 g/mol. The van der Waals surface area contributed by atoms with Gasteiger partial charge in [0.1, 0.15) is 0 Å². The summed E-state index contributed by atoms with van der Waals surface area (Å²) >= 11 is 0. The molecule has 1 unspecified atom stereocenters. The van der Waals surface area contributed by atoms with E-state index < -0.39 is 7.68 Å². The van der Waals surface area contributed by atoms with E-state index in [4.69, 9.17) is 0 Å². The molecule has 0 aromatic carbocycles. The standard InChI is InChI=1S/C4H10FO2P.Pt/c1-4(2)7-8(3,5)6;/h4H,1-3H3;. The Labute approximate surface area is 69.0 Å². The van der Waals surface area contributed by atoms with Crippen LogP contribution in [0.2, 0.25) is 0 Å². The van der Waals surface area contributed by atoms with Crippen LogP contribution >= 0.6 is 7.68 Å². The van der Waals surface area contributed by atoms with Crippen LogP contribution in [-0.4, -0.2) is 12.8 Å². The molecule has 0 aliphatic heterocycles. The van der Waals surface area contributed by atoms with Crippen LogP contribution in [0.15, 0.2) is 0 Å². The summed E-state index contributed by atoms with van der Waals surface area (Å²) in [6.07, 6.45) is -0.296. The molecule has 0 aliphatic carbocycles. The fourth-order valence-electron chi connectivity index (χ4n) is 0.377. The van der Waals surface area contributed by atoms with Crippen molar-refractivity contribution in [3.05, 3.63) is 0 Å². The van der Waals surface area contributed by atoms with Crippen LogP contribution in [0.3, 0.4) is 0 Å². The molecule has 9 heavy (non-hydrogen) atoms. The Balaban J connectivity index is 0. The van der Waals surface area contributed by atoms with Gasteiger partial charge in [0.15, 0.2) is 0 Å². The van der Waals surface area contributed by atoms with Crippen molar-refractivity contribution in [2.75, 3.05) is 6.66 Å². The predicted octanol–water partition coefficient (Wildman–Crippen LogP) is 2.20. The summed E-state index contributed by atoms with van der Waals surface area (Å²) in [5.41, 5.74) is 0. The quantitative estimate of drug-likeness (QED) is 0.724. The zero-order valence-corrected chi connectivity index (χ0v) is 8.70. The van der Waals surface area contributed by atoms with Gasteiger partial charge in [0.05, 0.1) is 6.10 Å². The molecule has 0 N–H and O–H groups in total. The van der Waals surface area contributed by atoms with Crippen molar-refractivity contribution < 1.29 is 34.4 Å². The van der Waals surface area contributed by atoms with Crippen molar-refractivity contribution in [3.8, 4) is 0 Å². The molecule has 0 aromatic heterocycles. The second-order valence-corrected chi connectivity index (χ2v) is 3.61. The maximum Gasteiger partial charge on any atom is 0.364 e. The third-order valence-corrected chi connectivity index (χ3v) is 1.20. The van der Waals surface area contributed by atoms with Crippen LogP contribution in [-0.2, 0) is 30.2 Å². The molecule has 0 rings (SSSR count). The first-order valence-corrected chi connectivity index (χ1v) is 4.33. The van der Waals surface area contributed by atoms with E-state index in [2.05, 4.69) is 4.52 Å². The molecule has 0 spiro atoms. The van der Waals surface area contributed by atoms with Crippen molar-refractivity contribution in [2.24, 2.45) is 0 Å².